The Morgan fingerprint density at radius 2 is 0.946 bits per heavy atom. The second-order valence-corrected chi connectivity index (χ2v) is 25.1. The van der Waals surface area contributed by atoms with Crippen LogP contribution in [0.4, 0.5) is 0 Å². The summed E-state index contributed by atoms with van der Waals surface area (Å²) < 4.78 is 0. The van der Waals surface area contributed by atoms with Crippen LogP contribution in [0.5, 0.6) is 0 Å². The summed E-state index contributed by atoms with van der Waals surface area (Å²) in [7, 11) is 0. The number of fused-ring (bicyclic) bond motifs is 18. The average molecular weight is 953 g/mol. The second kappa shape index (κ2) is 13.5. The Kier molecular flexibility index (Phi) is 7.82. The van der Waals surface area contributed by atoms with Gasteiger partial charge in [0.25, 0.3) is 0 Å². The number of benzene rings is 11. The predicted molar refractivity (Wildman–Crippen MR) is 313 cm³/mol. The highest BCUT2D eigenvalue weighted by Gasteiger charge is 2.49. The molecule has 74 heavy (non-hydrogen) atoms. The van der Waals surface area contributed by atoms with Gasteiger partial charge in [-0.25, -0.2) is 9.97 Å². The van der Waals surface area contributed by atoms with Crippen LogP contribution in [0.25, 0.3) is 120 Å². The van der Waals surface area contributed by atoms with Crippen molar-refractivity contribution < 1.29 is 0 Å². The van der Waals surface area contributed by atoms with Gasteiger partial charge in [-0.15, -0.1) is 0 Å². The number of hydrogen-bond donors (Lipinski definition) is 0. The molecule has 2 nitrogen and oxygen atoms in total. The lowest BCUT2D eigenvalue weighted by Gasteiger charge is -2.35. The van der Waals surface area contributed by atoms with E-state index in [2.05, 4.69) is 217 Å². The van der Waals surface area contributed by atoms with Crippen molar-refractivity contribution in [2.75, 3.05) is 0 Å². The highest BCUT2D eigenvalue weighted by molar-refractivity contribution is 6.34. The van der Waals surface area contributed by atoms with E-state index in [1.54, 1.807) is 0 Å². The lowest BCUT2D eigenvalue weighted by atomic mass is 9.67. The third-order valence-corrected chi connectivity index (χ3v) is 20.5. The van der Waals surface area contributed by atoms with E-state index >= 15 is 0 Å². The molecule has 0 N–H and O–H groups in total. The van der Waals surface area contributed by atoms with Crippen LogP contribution in [-0.2, 0) is 21.7 Å². The molecule has 2 heteroatoms. The quantitative estimate of drug-likeness (QED) is 0.165. The third-order valence-electron chi connectivity index (χ3n) is 20.5. The molecule has 0 saturated carbocycles. The molecule has 16 rings (SSSR count). The Hall–Kier alpha value is -7.42. The van der Waals surface area contributed by atoms with Crippen molar-refractivity contribution in [3.05, 3.63) is 189 Å². The fourth-order valence-electron chi connectivity index (χ4n) is 16.8. The molecule has 0 amide bonds. The first-order valence-electron chi connectivity index (χ1n) is 27.3. The zero-order chi connectivity index (χ0) is 50.6. The molecule has 11 aromatic carbocycles. The van der Waals surface area contributed by atoms with Crippen LogP contribution in [0, 0.1) is 25.7 Å². The number of hydrogen-bond acceptors (Lipinski definition) is 2. The largest absolute Gasteiger partial charge is 0.238 e. The first kappa shape index (κ1) is 43.0. The fraction of sp³-hybridized carbons (Fsp3) is 0.250. The molecule has 4 aliphatic rings. The summed E-state index contributed by atoms with van der Waals surface area (Å²) in [4.78, 5) is 10.4. The van der Waals surface area contributed by atoms with Crippen molar-refractivity contribution in [1.82, 2.24) is 9.97 Å². The summed E-state index contributed by atoms with van der Waals surface area (Å²) in [5.74, 6) is 1.56. The van der Waals surface area contributed by atoms with E-state index in [1.807, 2.05) is 0 Å². The molecule has 0 saturated heterocycles. The van der Waals surface area contributed by atoms with E-state index in [4.69, 9.17) is 9.97 Å². The zero-order valence-electron chi connectivity index (χ0n) is 44.8. The lowest BCUT2D eigenvalue weighted by Crippen LogP contribution is -2.29. The second-order valence-electron chi connectivity index (χ2n) is 25.1. The Bertz CT molecular complexity index is 4600. The van der Waals surface area contributed by atoms with Gasteiger partial charge in [0.2, 0.25) is 0 Å². The minimum Gasteiger partial charge on any atom is -0.238 e. The van der Waals surface area contributed by atoms with Crippen molar-refractivity contribution >= 4 is 64.6 Å². The minimum absolute atomic E-state index is 0.112. The maximum atomic E-state index is 5.35. The van der Waals surface area contributed by atoms with E-state index in [-0.39, 0.29) is 21.7 Å². The molecule has 0 radical (unpaired) electrons. The van der Waals surface area contributed by atoms with Gasteiger partial charge in [0.05, 0.1) is 5.69 Å². The van der Waals surface area contributed by atoms with Crippen LogP contribution in [0.1, 0.15) is 125 Å². The first-order valence-corrected chi connectivity index (χ1v) is 27.3. The van der Waals surface area contributed by atoms with E-state index in [0.717, 1.165) is 17.2 Å². The van der Waals surface area contributed by atoms with Crippen LogP contribution < -0.4 is 0 Å². The molecular weight excluding hydrogens is 893 g/mol. The molecule has 2 unspecified atom stereocenters. The van der Waals surface area contributed by atoms with Gasteiger partial charge >= 0.3 is 0 Å². The molecule has 0 bridgehead atoms. The normalized spacial score (nSPS) is 19.4. The molecule has 2 atom stereocenters. The van der Waals surface area contributed by atoms with Crippen LogP contribution >= 0.6 is 0 Å². The molecule has 358 valence electrons. The molecule has 0 fully saturated rings. The summed E-state index contributed by atoms with van der Waals surface area (Å²) in [5.41, 5.74) is 24.8. The molecule has 0 spiro atoms. The van der Waals surface area contributed by atoms with Gasteiger partial charge in [0, 0.05) is 38.5 Å². The molecule has 4 aliphatic carbocycles. The van der Waals surface area contributed by atoms with Gasteiger partial charge in [-0.2, -0.15) is 0 Å². The maximum Gasteiger partial charge on any atom is 0.126 e. The van der Waals surface area contributed by atoms with Crippen molar-refractivity contribution in [2.24, 2.45) is 11.8 Å². The van der Waals surface area contributed by atoms with Crippen LogP contribution in [-0.4, -0.2) is 9.97 Å². The van der Waals surface area contributed by atoms with Crippen LogP contribution in [0.3, 0.4) is 0 Å². The maximum absolute atomic E-state index is 5.35. The van der Waals surface area contributed by atoms with Crippen molar-refractivity contribution in [2.45, 2.75) is 105 Å². The highest BCUT2D eigenvalue weighted by Crippen LogP contribution is 2.65. The SMILES string of the molecule is Cc1nc(C)c2c(n1)-c1c(c3cc4c(c5cc(-c6ccc7c(c6)C(C)(C(C)C)c6c-7c7cccc8ccc9c%10c(cc6c9c87)-c6ccccc6C%10(C)C(C)C)c6cccc1c6c53)C(C)(C)c1ccccc1-4)C2(C)C. The number of aromatic nitrogens is 2. The summed E-state index contributed by atoms with van der Waals surface area (Å²) in [6.07, 6.45) is 0. The summed E-state index contributed by atoms with van der Waals surface area (Å²) >= 11 is 0. The van der Waals surface area contributed by atoms with Crippen molar-refractivity contribution in [3.63, 3.8) is 0 Å². The van der Waals surface area contributed by atoms with Gasteiger partial charge < -0.3 is 0 Å². The van der Waals surface area contributed by atoms with Gasteiger partial charge in [-0.3, -0.25) is 0 Å². The van der Waals surface area contributed by atoms with Gasteiger partial charge in [0.15, 0.2) is 0 Å². The predicted octanol–water partition coefficient (Wildman–Crippen LogP) is 19.1. The standard InChI is InChI=1S/C72H60N2/c1-35(2)71(11)55-26-16-14-21-42(55)50-34-53-59-47(65(50)71)30-27-39-19-17-23-45(57(39)59)61-44-29-28-40(31-56(44)72(12,36(3)4)67(53)61)48-32-51-60-52(33-49-41-20-13-15-25-54(41)69(7,8)64(49)51)66-62(46-24-18-22-43(48)58(46)60)68-63(70(66,9)10)37(5)73-38(6)74-68/h13-36H,1-12H3. The monoisotopic (exact) mass is 952 g/mol. The molecule has 12 aromatic rings. The summed E-state index contributed by atoms with van der Waals surface area (Å²) in [6, 6.07) is 53.0. The third kappa shape index (κ3) is 4.66. The molecular formula is C72H60N2. The highest BCUT2D eigenvalue weighted by atomic mass is 14.9. The van der Waals surface area contributed by atoms with Gasteiger partial charge in [-0.05, 0) is 198 Å². The minimum atomic E-state index is -0.297. The molecule has 1 aromatic heterocycles. The number of aryl methyl sites for hydroxylation is 2. The van der Waals surface area contributed by atoms with Crippen molar-refractivity contribution in [1.29, 1.82) is 0 Å². The van der Waals surface area contributed by atoms with Crippen LogP contribution in [0.2, 0.25) is 0 Å². The van der Waals surface area contributed by atoms with Gasteiger partial charge in [0.1, 0.15) is 5.82 Å². The number of rotatable bonds is 3. The Morgan fingerprint density at radius 3 is 1.69 bits per heavy atom. The van der Waals surface area contributed by atoms with E-state index in [1.165, 1.54) is 159 Å². The Balaban J connectivity index is 1.03. The summed E-state index contributed by atoms with van der Waals surface area (Å²) in [5, 5.41) is 16.4. The Labute approximate surface area is 434 Å². The first-order chi connectivity index (χ1) is 35.5. The van der Waals surface area contributed by atoms with E-state index in [0.29, 0.717) is 11.8 Å². The lowest BCUT2D eigenvalue weighted by molar-refractivity contribution is 0.416. The molecule has 0 aliphatic heterocycles. The zero-order valence-corrected chi connectivity index (χ0v) is 44.8. The Morgan fingerprint density at radius 1 is 0.365 bits per heavy atom. The van der Waals surface area contributed by atoms with Crippen molar-refractivity contribution in [3.8, 4) is 55.8 Å². The van der Waals surface area contributed by atoms with E-state index in [9.17, 15) is 0 Å². The number of nitrogens with zero attached hydrogens (tertiary/aromatic N) is 2. The molecule has 1 heterocycles. The van der Waals surface area contributed by atoms with Gasteiger partial charge in [-0.1, -0.05) is 178 Å². The topological polar surface area (TPSA) is 25.8 Å². The van der Waals surface area contributed by atoms with E-state index < -0.39 is 0 Å². The smallest absolute Gasteiger partial charge is 0.126 e. The average Bonchev–Trinajstić information content (AvgIpc) is 4.04. The fourth-order valence-corrected chi connectivity index (χ4v) is 16.8. The van der Waals surface area contributed by atoms with Crippen LogP contribution in [0.15, 0.2) is 133 Å². The summed E-state index contributed by atoms with van der Waals surface area (Å²) in [6.45, 7) is 28.8.